The molecule has 2 nitrogen and oxygen atoms in total. The first-order valence-corrected chi connectivity index (χ1v) is 8.02. The van der Waals surface area contributed by atoms with Crippen LogP contribution in [0.4, 0.5) is 0 Å². The molecule has 18 heavy (non-hydrogen) atoms. The quantitative estimate of drug-likeness (QED) is 0.751. The van der Waals surface area contributed by atoms with Gasteiger partial charge in [0.25, 0.3) is 0 Å². The molecule has 0 spiro atoms. The molecule has 1 fully saturated rings. The first kappa shape index (κ1) is 16.0. The van der Waals surface area contributed by atoms with Gasteiger partial charge in [0.15, 0.2) is 0 Å². The van der Waals surface area contributed by atoms with Crippen molar-refractivity contribution in [1.29, 1.82) is 0 Å². The lowest BCUT2D eigenvalue weighted by Crippen LogP contribution is -2.45. The number of hydrogen-bond acceptors (Lipinski definition) is 2. The molecule has 0 bridgehead atoms. The average molecular weight is 254 g/mol. The number of hydrogen-bond donors (Lipinski definition) is 1. The molecule has 1 saturated heterocycles. The van der Waals surface area contributed by atoms with Crippen molar-refractivity contribution in [2.75, 3.05) is 6.54 Å². The van der Waals surface area contributed by atoms with Gasteiger partial charge in [-0.1, -0.05) is 53.9 Å². The molecule has 1 rings (SSSR count). The minimum Gasteiger partial charge on any atom is -0.326 e. The average Bonchev–Trinajstić information content (AvgIpc) is 2.71. The molecule has 1 aliphatic heterocycles. The first-order chi connectivity index (χ1) is 8.51. The first-order valence-electron chi connectivity index (χ1n) is 8.02. The fourth-order valence-electron chi connectivity index (χ4n) is 3.43. The summed E-state index contributed by atoms with van der Waals surface area (Å²) in [7, 11) is 0. The van der Waals surface area contributed by atoms with Crippen molar-refractivity contribution in [2.24, 2.45) is 17.6 Å². The molecule has 0 saturated carbocycles. The van der Waals surface area contributed by atoms with E-state index in [1.807, 2.05) is 0 Å². The Balaban J connectivity index is 2.75. The van der Waals surface area contributed by atoms with Gasteiger partial charge < -0.3 is 5.73 Å². The van der Waals surface area contributed by atoms with E-state index >= 15 is 0 Å². The summed E-state index contributed by atoms with van der Waals surface area (Å²) in [5.74, 6) is 1.52. The standard InChI is InChI=1S/C16H34N2/c1-6-8-9-15(13(5)7-2)18-11-14(17)10-16(18)12(3)4/h12-16H,6-11,17H2,1-5H3. The van der Waals surface area contributed by atoms with E-state index in [-0.39, 0.29) is 0 Å². The molecule has 4 atom stereocenters. The number of nitrogens with two attached hydrogens (primary N) is 1. The molecular weight excluding hydrogens is 220 g/mol. The molecule has 0 radical (unpaired) electrons. The maximum Gasteiger partial charge on any atom is 0.0183 e. The topological polar surface area (TPSA) is 29.3 Å². The predicted octanol–water partition coefficient (Wildman–Crippen LogP) is 3.65. The summed E-state index contributed by atoms with van der Waals surface area (Å²) in [6.45, 7) is 12.9. The minimum absolute atomic E-state index is 0.394. The second kappa shape index (κ2) is 7.49. The largest absolute Gasteiger partial charge is 0.326 e. The van der Waals surface area contributed by atoms with Crippen LogP contribution >= 0.6 is 0 Å². The fourth-order valence-corrected chi connectivity index (χ4v) is 3.43. The molecule has 2 heteroatoms. The minimum atomic E-state index is 0.394. The highest BCUT2D eigenvalue weighted by Crippen LogP contribution is 2.31. The Morgan fingerprint density at radius 1 is 1.22 bits per heavy atom. The van der Waals surface area contributed by atoms with Gasteiger partial charge in [-0.05, 0) is 24.7 Å². The van der Waals surface area contributed by atoms with E-state index in [0.29, 0.717) is 12.1 Å². The zero-order valence-corrected chi connectivity index (χ0v) is 13.2. The van der Waals surface area contributed by atoms with E-state index in [1.54, 1.807) is 0 Å². The van der Waals surface area contributed by atoms with Crippen molar-refractivity contribution in [1.82, 2.24) is 4.90 Å². The second-order valence-electron chi connectivity index (χ2n) is 6.60. The number of likely N-dealkylation sites (tertiary alicyclic amines) is 1. The predicted molar refractivity (Wildman–Crippen MR) is 80.7 cm³/mol. The van der Waals surface area contributed by atoms with E-state index in [0.717, 1.165) is 24.4 Å². The highest BCUT2D eigenvalue weighted by Gasteiger charge is 2.37. The Morgan fingerprint density at radius 2 is 1.89 bits per heavy atom. The van der Waals surface area contributed by atoms with Crippen molar-refractivity contribution in [3.63, 3.8) is 0 Å². The summed E-state index contributed by atoms with van der Waals surface area (Å²) < 4.78 is 0. The Kier molecular flexibility index (Phi) is 6.65. The van der Waals surface area contributed by atoms with E-state index < -0.39 is 0 Å². The third-order valence-corrected chi connectivity index (χ3v) is 4.77. The van der Waals surface area contributed by atoms with Crippen molar-refractivity contribution in [3.05, 3.63) is 0 Å². The summed E-state index contributed by atoms with van der Waals surface area (Å²) in [4.78, 5) is 2.75. The number of nitrogens with zero attached hydrogens (tertiary/aromatic N) is 1. The van der Waals surface area contributed by atoms with Crippen LogP contribution in [0.2, 0.25) is 0 Å². The number of unbranched alkanes of at least 4 members (excludes halogenated alkanes) is 1. The smallest absolute Gasteiger partial charge is 0.0183 e. The molecule has 108 valence electrons. The van der Waals surface area contributed by atoms with Gasteiger partial charge in [-0.3, -0.25) is 4.90 Å². The third-order valence-electron chi connectivity index (χ3n) is 4.77. The lowest BCUT2D eigenvalue weighted by Gasteiger charge is -2.38. The maximum atomic E-state index is 6.22. The Bertz CT molecular complexity index is 227. The molecule has 1 heterocycles. The molecule has 0 amide bonds. The summed E-state index contributed by atoms with van der Waals surface area (Å²) in [5.41, 5.74) is 6.22. The van der Waals surface area contributed by atoms with Crippen LogP contribution in [0.25, 0.3) is 0 Å². The van der Waals surface area contributed by atoms with E-state index in [2.05, 4.69) is 39.5 Å². The lowest BCUT2D eigenvalue weighted by atomic mass is 9.90. The van der Waals surface area contributed by atoms with Gasteiger partial charge in [-0.2, -0.15) is 0 Å². The lowest BCUT2D eigenvalue weighted by molar-refractivity contribution is 0.0971. The third kappa shape index (κ3) is 3.96. The van der Waals surface area contributed by atoms with Gasteiger partial charge in [0.2, 0.25) is 0 Å². The molecule has 4 unspecified atom stereocenters. The van der Waals surface area contributed by atoms with Gasteiger partial charge in [-0.25, -0.2) is 0 Å². The van der Waals surface area contributed by atoms with E-state index in [9.17, 15) is 0 Å². The molecule has 0 aromatic rings. The van der Waals surface area contributed by atoms with E-state index in [1.165, 1.54) is 32.1 Å². The second-order valence-corrected chi connectivity index (χ2v) is 6.60. The van der Waals surface area contributed by atoms with Crippen LogP contribution in [0.3, 0.4) is 0 Å². The van der Waals surface area contributed by atoms with Crippen LogP contribution in [0, 0.1) is 11.8 Å². The summed E-state index contributed by atoms with van der Waals surface area (Å²) in [5, 5.41) is 0. The molecule has 1 aliphatic rings. The highest BCUT2D eigenvalue weighted by atomic mass is 15.2. The fraction of sp³-hybridized carbons (Fsp3) is 1.00. The van der Waals surface area contributed by atoms with Crippen molar-refractivity contribution in [3.8, 4) is 0 Å². The van der Waals surface area contributed by atoms with Crippen LogP contribution in [0.5, 0.6) is 0 Å². The van der Waals surface area contributed by atoms with Crippen molar-refractivity contribution >= 4 is 0 Å². The maximum absolute atomic E-state index is 6.22. The zero-order chi connectivity index (χ0) is 13.7. The zero-order valence-electron chi connectivity index (χ0n) is 13.2. The molecule has 0 aromatic heterocycles. The van der Waals surface area contributed by atoms with Crippen molar-refractivity contribution in [2.45, 2.75) is 84.8 Å². The van der Waals surface area contributed by atoms with Gasteiger partial charge >= 0.3 is 0 Å². The van der Waals surface area contributed by atoms with Gasteiger partial charge in [0.05, 0.1) is 0 Å². The van der Waals surface area contributed by atoms with Crippen LogP contribution < -0.4 is 5.73 Å². The highest BCUT2D eigenvalue weighted by molar-refractivity contribution is 4.94. The summed E-state index contributed by atoms with van der Waals surface area (Å²) >= 11 is 0. The van der Waals surface area contributed by atoms with Crippen LogP contribution in [-0.4, -0.2) is 29.6 Å². The van der Waals surface area contributed by atoms with Crippen LogP contribution in [0.15, 0.2) is 0 Å². The number of rotatable bonds is 7. The molecule has 0 aromatic carbocycles. The Hall–Kier alpha value is -0.0800. The SMILES string of the molecule is CCCCC(C(C)CC)N1CC(N)CC1C(C)C. The molecule has 2 N–H and O–H groups in total. The van der Waals surface area contributed by atoms with Crippen LogP contribution in [-0.2, 0) is 0 Å². The monoisotopic (exact) mass is 254 g/mol. The van der Waals surface area contributed by atoms with Crippen molar-refractivity contribution < 1.29 is 0 Å². The summed E-state index contributed by atoms with van der Waals surface area (Å²) in [6.07, 6.45) is 6.48. The van der Waals surface area contributed by atoms with Gasteiger partial charge in [0, 0.05) is 24.7 Å². The summed E-state index contributed by atoms with van der Waals surface area (Å²) in [6, 6.07) is 1.84. The molecular formula is C16H34N2. The Morgan fingerprint density at radius 3 is 2.39 bits per heavy atom. The van der Waals surface area contributed by atoms with E-state index in [4.69, 9.17) is 5.73 Å². The van der Waals surface area contributed by atoms with Crippen LogP contribution in [0.1, 0.15) is 66.7 Å². The molecule has 0 aliphatic carbocycles. The van der Waals surface area contributed by atoms with Gasteiger partial charge in [0.1, 0.15) is 0 Å². The Labute approximate surface area is 114 Å². The van der Waals surface area contributed by atoms with Gasteiger partial charge in [-0.15, -0.1) is 0 Å². The normalized spacial score (nSPS) is 28.8.